The molecule has 0 aliphatic rings. The Morgan fingerprint density at radius 3 is 2.25 bits per heavy atom. The van der Waals surface area contributed by atoms with Gasteiger partial charge >= 0.3 is 6.18 Å². The Kier molecular flexibility index (Phi) is 6.66. The van der Waals surface area contributed by atoms with Crippen molar-refractivity contribution in [1.82, 2.24) is 5.32 Å². The monoisotopic (exact) mass is 434 g/mol. The van der Waals surface area contributed by atoms with Gasteiger partial charge < -0.3 is 5.32 Å². The number of thiocarbonyl (C=S) groups is 1. The van der Waals surface area contributed by atoms with E-state index in [0.717, 1.165) is 18.4 Å². The van der Waals surface area contributed by atoms with Crippen molar-refractivity contribution in [2.75, 3.05) is 11.0 Å². The molecule has 152 valence electrons. The van der Waals surface area contributed by atoms with Crippen LogP contribution in [0.5, 0.6) is 0 Å². The fourth-order valence-electron chi connectivity index (χ4n) is 2.41. The molecule has 0 bridgehead atoms. The number of anilines is 1. The second-order valence-corrected chi connectivity index (χ2v) is 8.44. The molecule has 2 aromatic carbocycles. The first-order valence-electron chi connectivity index (χ1n) is 8.08. The highest BCUT2D eigenvalue weighted by atomic mass is 32.2. The minimum absolute atomic E-state index is 0.160. The maximum absolute atomic E-state index is 14.0. The quantitative estimate of drug-likeness (QED) is 0.522. The normalized spacial score (nSPS) is 13.1. The molecule has 0 aliphatic carbocycles. The van der Waals surface area contributed by atoms with Crippen molar-refractivity contribution < 1.29 is 26.0 Å². The van der Waals surface area contributed by atoms with Crippen LogP contribution in [0.25, 0.3) is 0 Å². The SMILES string of the molecule is CC(C(=S)NCc1ccc(NS(C)(=O)=O)c(F)c1)c1ccc(C(F)(F)F)cc1. The van der Waals surface area contributed by atoms with Gasteiger partial charge in [0.2, 0.25) is 10.0 Å². The smallest absolute Gasteiger partial charge is 0.375 e. The van der Waals surface area contributed by atoms with Gasteiger partial charge in [-0.1, -0.05) is 37.3 Å². The summed E-state index contributed by atoms with van der Waals surface area (Å²) in [6.45, 7) is 1.93. The number of halogens is 4. The largest absolute Gasteiger partial charge is 0.416 e. The topological polar surface area (TPSA) is 58.2 Å². The van der Waals surface area contributed by atoms with Gasteiger partial charge in [0.25, 0.3) is 0 Å². The first-order chi connectivity index (χ1) is 12.9. The summed E-state index contributed by atoms with van der Waals surface area (Å²) in [7, 11) is -3.59. The number of benzene rings is 2. The van der Waals surface area contributed by atoms with Crippen LogP contribution >= 0.6 is 12.2 Å². The lowest BCUT2D eigenvalue weighted by atomic mass is 9.99. The molecule has 2 aromatic rings. The van der Waals surface area contributed by atoms with Crippen molar-refractivity contribution in [2.45, 2.75) is 25.6 Å². The van der Waals surface area contributed by atoms with Crippen molar-refractivity contribution >= 4 is 32.9 Å². The van der Waals surface area contributed by atoms with Crippen LogP contribution in [0, 0.1) is 5.82 Å². The van der Waals surface area contributed by atoms with Gasteiger partial charge in [-0.3, -0.25) is 4.72 Å². The van der Waals surface area contributed by atoms with E-state index >= 15 is 0 Å². The van der Waals surface area contributed by atoms with Crippen molar-refractivity contribution in [3.8, 4) is 0 Å². The minimum atomic E-state index is -4.40. The highest BCUT2D eigenvalue weighted by Crippen LogP contribution is 2.30. The second-order valence-electron chi connectivity index (χ2n) is 6.25. The molecule has 1 unspecified atom stereocenters. The molecule has 0 fully saturated rings. The third kappa shape index (κ3) is 6.16. The fraction of sp³-hybridized carbons (Fsp3) is 0.278. The van der Waals surface area contributed by atoms with Gasteiger partial charge in [0.05, 0.1) is 22.5 Å². The molecule has 0 aliphatic heterocycles. The van der Waals surface area contributed by atoms with Crippen LogP contribution in [0.15, 0.2) is 42.5 Å². The first-order valence-corrected chi connectivity index (χ1v) is 10.4. The minimum Gasteiger partial charge on any atom is -0.375 e. The summed E-state index contributed by atoms with van der Waals surface area (Å²) >= 11 is 5.28. The van der Waals surface area contributed by atoms with Crippen molar-refractivity contribution in [3.63, 3.8) is 0 Å². The number of nitrogens with one attached hydrogen (secondary N) is 2. The summed E-state index contributed by atoms with van der Waals surface area (Å²) in [6.07, 6.45) is -3.48. The van der Waals surface area contributed by atoms with Gasteiger partial charge in [0.1, 0.15) is 5.82 Å². The molecule has 0 amide bonds. The van der Waals surface area contributed by atoms with E-state index in [1.165, 1.54) is 30.3 Å². The molecule has 0 saturated carbocycles. The van der Waals surface area contributed by atoms with Crippen molar-refractivity contribution in [1.29, 1.82) is 0 Å². The molecule has 10 heteroatoms. The molecule has 0 aromatic heterocycles. The third-order valence-corrected chi connectivity index (χ3v) is 5.02. The van der Waals surface area contributed by atoms with Gasteiger partial charge in [-0.15, -0.1) is 0 Å². The maximum atomic E-state index is 14.0. The van der Waals surface area contributed by atoms with Gasteiger partial charge in [-0.2, -0.15) is 13.2 Å². The number of hydrogen-bond donors (Lipinski definition) is 2. The molecule has 28 heavy (non-hydrogen) atoms. The molecule has 2 rings (SSSR count). The van der Waals surface area contributed by atoms with E-state index in [0.29, 0.717) is 16.1 Å². The summed E-state index contributed by atoms with van der Waals surface area (Å²) in [4.78, 5) is 0.388. The Morgan fingerprint density at radius 1 is 1.14 bits per heavy atom. The van der Waals surface area contributed by atoms with E-state index in [-0.39, 0.29) is 18.2 Å². The van der Waals surface area contributed by atoms with E-state index in [2.05, 4.69) is 10.0 Å². The lowest BCUT2D eigenvalue weighted by Gasteiger charge is -2.17. The molecule has 0 spiro atoms. The zero-order valence-electron chi connectivity index (χ0n) is 15.0. The van der Waals surface area contributed by atoms with Crippen molar-refractivity contribution in [2.24, 2.45) is 0 Å². The molecule has 4 nitrogen and oxygen atoms in total. The number of rotatable bonds is 6. The van der Waals surface area contributed by atoms with Crippen LogP contribution in [0.3, 0.4) is 0 Å². The average molecular weight is 434 g/mol. The molecule has 0 heterocycles. The van der Waals surface area contributed by atoms with Gasteiger partial charge in [0.15, 0.2) is 0 Å². The maximum Gasteiger partial charge on any atom is 0.416 e. The molecule has 0 saturated heterocycles. The summed E-state index contributed by atoms with van der Waals surface area (Å²) < 4.78 is 76.3. The molecule has 1 atom stereocenters. The Balaban J connectivity index is 2.00. The Bertz CT molecular complexity index is 959. The lowest BCUT2D eigenvalue weighted by Crippen LogP contribution is -2.26. The van der Waals surface area contributed by atoms with Crippen LogP contribution in [0.2, 0.25) is 0 Å². The lowest BCUT2D eigenvalue weighted by molar-refractivity contribution is -0.137. The fourth-order valence-corrected chi connectivity index (χ4v) is 3.18. The number of sulfonamides is 1. The first kappa shape index (κ1) is 22.1. The number of hydrogen-bond acceptors (Lipinski definition) is 3. The van der Waals surface area contributed by atoms with Gasteiger partial charge in [0, 0.05) is 12.5 Å². The highest BCUT2D eigenvalue weighted by Gasteiger charge is 2.30. The van der Waals surface area contributed by atoms with Gasteiger partial charge in [-0.25, -0.2) is 12.8 Å². The van der Waals surface area contributed by atoms with Gasteiger partial charge in [-0.05, 0) is 35.4 Å². The van der Waals surface area contributed by atoms with E-state index < -0.39 is 27.6 Å². The highest BCUT2D eigenvalue weighted by molar-refractivity contribution is 7.92. The van der Waals surface area contributed by atoms with Crippen molar-refractivity contribution in [3.05, 3.63) is 65.0 Å². The Morgan fingerprint density at radius 2 is 1.75 bits per heavy atom. The summed E-state index contributed by atoms with van der Waals surface area (Å²) in [5.74, 6) is -1.07. The second kappa shape index (κ2) is 8.44. The molecular formula is C18H18F4N2O2S2. The van der Waals surface area contributed by atoms with Crippen LogP contribution in [-0.2, 0) is 22.7 Å². The van der Waals surface area contributed by atoms with Crippen LogP contribution in [-0.4, -0.2) is 19.7 Å². The van der Waals surface area contributed by atoms with Crippen LogP contribution in [0.1, 0.15) is 29.5 Å². The molecular weight excluding hydrogens is 416 g/mol. The third-order valence-electron chi connectivity index (χ3n) is 3.93. The van der Waals surface area contributed by atoms with E-state index in [9.17, 15) is 26.0 Å². The Hall–Kier alpha value is -2.20. The summed E-state index contributed by atoms with van der Waals surface area (Å²) in [5.41, 5.74) is 0.246. The predicted molar refractivity (Wildman–Crippen MR) is 104 cm³/mol. The summed E-state index contributed by atoms with van der Waals surface area (Å²) in [6, 6.07) is 8.74. The van der Waals surface area contributed by atoms with Crippen LogP contribution in [0.4, 0.5) is 23.2 Å². The summed E-state index contributed by atoms with van der Waals surface area (Å²) in [5, 5.41) is 2.94. The van der Waals surface area contributed by atoms with Crippen LogP contribution < -0.4 is 10.0 Å². The van der Waals surface area contributed by atoms with E-state index in [1.54, 1.807) is 6.92 Å². The standard InChI is InChI=1S/C18H18F4N2O2S2/c1-11(13-4-6-14(7-5-13)18(20,21)22)17(27)23-10-12-3-8-16(15(19)9-12)24-28(2,25)26/h3-9,11,24H,10H2,1-2H3,(H,23,27). The zero-order valence-corrected chi connectivity index (χ0v) is 16.6. The average Bonchev–Trinajstić information content (AvgIpc) is 2.59. The predicted octanol–water partition coefficient (Wildman–Crippen LogP) is 4.44. The number of alkyl halides is 3. The molecule has 0 radical (unpaired) electrons. The molecule has 2 N–H and O–H groups in total. The van der Waals surface area contributed by atoms with E-state index in [4.69, 9.17) is 12.2 Å². The van der Waals surface area contributed by atoms with E-state index in [1.807, 2.05) is 0 Å². The Labute approximate surface area is 166 Å². The zero-order chi connectivity index (χ0) is 21.1.